The Balaban J connectivity index is 1.78. The van der Waals surface area contributed by atoms with Gasteiger partial charge < -0.3 is 5.32 Å². The van der Waals surface area contributed by atoms with E-state index in [0.29, 0.717) is 17.6 Å². The molecular formula is C15H27NO. The van der Waals surface area contributed by atoms with Crippen molar-refractivity contribution < 1.29 is 4.79 Å². The SMILES string of the molecule is CCC1CCCC(C(=O)CC2CCNCC2)C1. The third-order valence-electron chi connectivity index (χ3n) is 4.76. The molecule has 1 aliphatic heterocycles. The maximum atomic E-state index is 12.3. The highest BCUT2D eigenvalue weighted by Crippen LogP contribution is 2.33. The molecule has 0 aromatic carbocycles. The molecule has 0 amide bonds. The predicted molar refractivity (Wildman–Crippen MR) is 71.0 cm³/mol. The molecule has 1 heterocycles. The molecule has 1 saturated heterocycles. The van der Waals surface area contributed by atoms with Crippen molar-refractivity contribution >= 4 is 5.78 Å². The number of nitrogens with one attached hydrogen (secondary N) is 1. The van der Waals surface area contributed by atoms with E-state index >= 15 is 0 Å². The van der Waals surface area contributed by atoms with Crippen LogP contribution < -0.4 is 5.32 Å². The Morgan fingerprint density at radius 1 is 1.12 bits per heavy atom. The number of piperidine rings is 1. The number of ketones is 1. The average molecular weight is 237 g/mol. The highest BCUT2D eigenvalue weighted by atomic mass is 16.1. The van der Waals surface area contributed by atoms with Crippen LogP contribution in [0.1, 0.15) is 58.3 Å². The van der Waals surface area contributed by atoms with Crippen molar-refractivity contribution in [3.05, 3.63) is 0 Å². The summed E-state index contributed by atoms with van der Waals surface area (Å²) in [4.78, 5) is 12.3. The summed E-state index contributed by atoms with van der Waals surface area (Å²) < 4.78 is 0. The van der Waals surface area contributed by atoms with Crippen LogP contribution in [0, 0.1) is 17.8 Å². The van der Waals surface area contributed by atoms with Gasteiger partial charge in [0, 0.05) is 12.3 Å². The first-order valence-corrected chi connectivity index (χ1v) is 7.53. The lowest BCUT2D eigenvalue weighted by Crippen LogP contribution is -2.31. The number of carbonyl (C=O) groups is 1. The van der Waals surface area contributed by atoms with Crippen molar-refractivity contribution in [1.29, 1.82) is 0 Å². The Morgan fingerprint density at radius 2 is 1.88 bits per heavy atom. The van der Waals surface area contributed by atoms with Gasteiger partial charge in [0.2, 0.25) is 0 Å². The maximum Gasteiger partial charge on any atom is 0.136 e. The summed E-state index contributed by atoms with van der Waals surface area (Å²) >= 11 is 0. The van der Waals surface area contributed by atoms with Crippen LogP contribution in [-0.2, 0) is 4.79 Å². The molecule has 1 N–H and O–H groups in total. The van der Waals surface area contributed by atoms with Gasteiger partial charge >= 0.3 is 0 Å². The summed E-state index contributed by atoms with van der Waals surface area (Å²) in [6.07, 6.45) is 9.51. The quantitative estimate of drug-likeness (QED) is 0.813. The number of Topliss-reactive ketones (excluding diaryl/α,β-unsaturated/α-hetero) is 1. The highest BCUT2D eigenvalue weighted by Gasteiger charge is 2.28. The second kappa shape index (κ2) is 6.53. The lowest BCUT2D eigenvalue weighted by atomic mass is 9.76. The minimum Gasteiger partial charge on any atom is -0.317 e. The largest absolute Gasteiger partial charge is 0.317 e. The molecule has 2 nitrogen and oxygen atoms in total. The molecule has 0 aromatic rings. The standard InChI is InChI=1S/C15H27NO/c1-2-12-4-3-5-14(10-12)15(17)11-13-6-8-16-9-7-13/h12-14,16H,2-11H2,1H3. The summed E-state index contributed by atoms with van der Waals surface area (Å²) in [5, 5.41) is 3.37. The van der Waals surface area contributed by atoms with Crippen molar-refractivity contribution in [2.24, 2.45) is 17.8 Å². The topological polar surface area (TPSA) is 29.1 Å². The number of hydrogen-bond donors (Lipinski definition) is 1. The summed E-state index contributed by atoms with van der Waals surface area (Å²) in [7, 11) is 0. The zero-order chi connectivity index (χ0) is 12.1. The minimum atomic E-state index is 0.406. The monoisotopic (exact) mass is 237 g/mol. The Morgan fingerprint density at radius 3 is 2.59 bits per heavy atom. The molecule has 2 unspecified atom stereocenters. The second-order valence-electron chi connectivity index (χ2n) is 6.00. The van der Waals surface area contributed by atoms with Crippen molar-refractivity contribution in [3.8, 4) is 0 Å². The summed E-state index contributed by atoms with van der Waals surface area (Å²) in [6, 6.07) is 0. The smallest absolute Gasteiger partial charge is 0.136 e. The third-order valence-corrected chi connectivity index (χ3v) is 4.76. The first-order chi connectivity index (χ1) is 8.29. The molecular weight excluding hydrogens is 210 g/mol. The van der Waals surface area contributed by atoms with Crippen LogP contribution in [0.15, 0.2) is 0 Å². The summed E-state index contributed by atoms with van der Waals surface area (Å²) in [6.45, 7) is 4.49. The molecule has 0 bridgehead atoms. The number of hydrogen-bond acceptors (Lipinski definition) is 2. The fraction of sp³-hybridized carbons (Fsp3) is 0.933. The van der Waals surface area contributed by atoms with Crippen LogP contribution in [-0.4, -0.2) is 18.9 Å². The highest BCUT2D eigenvalue weighted by molar-refractivity contribution is 5.81. The lowest BCUT2D eigenvalue weighted by molar-refractivity contribution is -0.125. The predicted octanol–water partition coefficient (Wildman–Crippen LogP) is 3.16. The molecule has 1 aliphatic carbocycles. The van der Waals surface area contributed by atoms with Crippen molar-refractivity contribution in [1.82, 2.24) is 5.32 Å². The first kappa shape index (κ1) is 13.1. The van der Waals surface area contributed by atoms with Crippen LogP contribution in [0.25, 0.3) is 0 Å². The van der Waals surface area contributed by atoms with Crippen molar-refractivity contribution in [2.45, 2.75) is 58.3 Å². The van der Waals surface area contributed by atoms with Gasteiger partial charge in [-0.25, -0.2) is 0 Å². The van der Waals surface area contributed by atoms with E-state index in [2.05, 4.69) is 12.2 Å². The molecule has 17 heavy (non-hydrogen) atoms. The Bertz CT molecular complexity index is 245. The maximum absolute atomic E-state index is 12.3. The minimum absolute atomic E-state index is 0.406. The number of rotatable bonds is 4. The molecule has 2 rings (SSSR count). The molecule has 0 radical (unpaired) electrons. The number of carbonyl (C=O) groups excluding carboxylic acids is 1. The molecule has 0 aromatic heterocycles. The van der Waals surface area contributed by atoms with Gasteiger partial charge in [0.05, 0.1) is 0 Å². The normalized spacial score (nSPS) is 31.4. The van der Waals surface area contributed by atoms with E-state index in [0.717, 1.165) is 25.4 Å². The molecule has 1 saturated carbocycles. The second-order valence-corrected chi connectivity index (χ2v) is 6.00. The Kier molecular flexibility index (Phi) is 5.02. The van der Waals surface area contributed by atoms with E-state index in [4.69, 9.17) is 0 Å². The van der Waals surface area contributed by atoms with Crippen LogP contribution in [0.3, 0.4) is 0 Å². The average Bonchev–Trinajstić information content (AvgIpc) is 2.40. The zero-order valence-electron chi connectivity index (χ0n) is 11.2. The summed E-state index contributed by atoms with van der Waals surface area (Å²) in [5.74, 6) is 2.48. The Hall–Kier alpha value is -0.370. The van der Waals surface area contributed by atoms with Gasteiger partial charge in [0.25, 0.3) is 0 Å². The van der Waals surface area contributed by atoms with Crippen LogP contribution in [0.5, 0.6) is 0 Å². The molecule has 0 spiro atoms. The van der Waals surface area contributed by atoms with E-state index in [9.17, 15) is 4.79 Å². The van der Waals surface area contributed by atoms with Crippen LogP contribution >= 0.6 is 0 Å². The first-order valence-electron chi connectivity index (χ1n) is 7.53. The lowest BCUT2D eigenvalue weighted by Gasteiger charge is -2.29. The van der Waals surface area contributed by atoms with E-state index in [-0.39, 0.29) is 0 Å². The van der Waals surface area contributed by atoms with Crippen molar-refractivity contribution in [3.63, 3.8) is 0 Å². The molecule has 2 atom stereocenters. The van der Waals surface area contributed by atoms with E-state index in [1.165, 1.54) is 44.9 Å². The van der Waals surface area contributed by atoms with Gasteiger partial charge in [0.1, 0.15) is 5.78 Å². The molecule has 2 aliphatic rings. The van der Waals surface area contributed by atoms with Gasteiger partial charge in [-0.1, -0.05) is 26.2 Å². The fourth-order valence-corrected chi connectivity index (χ4v) is 3.49. The van der Waals surface area contributed by atoms with Crippen LogP contribution in [0.2, 0.25) is 0 Å². The van der Waals surface area contributed by atoms with Gasteiger partial charge in [0.15, 0.2) is 0 Å². The third kappa shape index (κ3) is 3.80. The van der Waals surface area contributed by atoms with E-state index in [1.807, 2.05) is 0 Å². The van der Waals surface area contributed by atoms with Crippen molar-refractivity contribution in [2.75, 3.05) is 13.1 Å². The molecule has 98 valence electrons. The van der Waals surface area contributed by atoms with E-state index < -0.39 is 0 Å². The van der Waals surface area contributed by atoms with Gasteiger partial charge in [-0.05, 0) is 50.6 Å². The van der Waals surface area contributed by atoms with Gasteiger partial charge in [-0.3, -0.25) is 4.79 Å². The van der Waals surface area contributed by atoms with Gasteiger partial charge in [-0.15, -0.1) is 0 Å². The summed E-state index contributed by atoms with van der Waals surface area (Å²) in [5.41, 5.74) is 0. The molecule has 2 fully saturated rings. The van der Waals surface area contributed by atoms with Gasteiger partial charge in [-0.2, -0.15) is 0 Å². The zero-order valence-corrected chi connectivity index (χ0v) is 11.2. The Labute approximate surface area is 106 Å². The molecule has 2 heteroatoms. The fourth-order valence-electron chi connectivity index (χ4n) is 3.49. The van der Waals surface area contributed by atoms with E-state index in [1.54, 1.807) is 0 Å². The van der Waals surface area contributed by atoms with Crippen LogP contribution in [0.4, 0.5) is 0 Å².